The zero-order valence-corrected chi connectivity index (χ0v) is 12.0. The third kappa shape index (κ3) is 1.96. The SMILES string of the molecule is Cc1cc(=O)n2c3ccccc3nc2n1C[C@@H]1CCCO1. The Labute approximate surface area is 121 Å². The van der Waals surface area contributed by atoms with Gasteiger partial charge in [0.1, 0.15) is 0 Å². The lowest BCUT2D eigenvalue weighted by Crippen LogP contribution is -2.23. The molecule has 1 atom stereocenters. The second-order valence-electron chi connectivity index (χ2n) is 5.61. The van der Waals surface area contributed by atoms with Gasteiger partial charge in [0.2, 0.25) is 5.78 Å². The van der Waals surface area contributed by atoms with Gasteiger partial charge in [-0.3, -0.25) is 4.79 Å². The largest absolute Gasteiger partial charge is 0.376 e. The summed E-state index contributed by atoms with van der Waals surface area (Å²) < 4.78 is 9.52. The van der Waals surface area contributed by atoms with E-state index in [0.29, 0.717) is 5.78 Å². The minimum absolute atomic E-state index is 0.0280. The second kappa shape index (κ2) is 4.70. The number of rotatable bonds is 2. The van der Waals surface area contributed by atoms with Gasteiger partial charge in [-0.05, 0) is 31.9 Å². The van der Waals surface area contributed by atoms with E-state index in [2.05, 4.69) is 9.55 Å². The third-order valence-electron chi connectivity index (χ3n) is 4.17. The zero-order chi connectivity index (χ0) is 14.4. The molecule has 0 radical (unpaired) electrons. The monoisotopic (exact) mass is 283 g/mol. The average molecular weight is 283 g/mol. The highest BCUT2D eigenvalue weighted by molar-refractivity contribution is 5.79. The first kappa shape index (κ1) is 12.6. The van der Waals surface area contributed by atoms with Crippen molar-refractivity contribution in [3.05, 3.63) is 46.4 Å². The van der Waals surface area contributed by atoms with E-state index in [1.807, 2.05) is 31.2 Å². The summed E-state index contributed by atoms with van der Waals surface area (Å²) in [4.78, 5) is 17.0. The van der Waals surface area contributed by atoms with Crippen LogP contribution >= 0.6 is 0 Å². The number of aryl methyl sites for hydroxylation is 1. The van der Waals surface area contributed by atoms with E-state index in [1.165, 1.54) is 0 Å². The summed E-state index contributed by atoms with van der Waals surface area (Å²) in [5.74, 6) is 0.705. The summed E-state index contributed by atoms with van der Waals surface area (Å²) in [5.41, 5.74) is 2.61. The molecule has 0 saturated carbocycles. The van der Waals surface area contributed by atoms with Crippen molar-refractivity contribution in [2.75, 3.05) is 6.61 Å². The van der Waals surface area contributed by atoms with Gasteiger partial charge in [-0.15, -0.1) is 0 Å². The van der Waals surface area contributed by atoms with E-state index >= 15 is 0 Å². The van der Waals surface area contributed by atoms with Crippen molar-refractivity contribution < 1.29 is 4.74 Å². The van der Waals surface area contributed by atoms with E-state index in [0.717, 1.165) is 42.7 Å². The topological polar surface area (TPSA) is 48.5 Å². The van der Waals surface area contributed by atoms with Crippen LogP contribution in [0, 0.1) is 6.92 Å². The Hall–Kier alpha value is -2.14. The summed E-state index contributed by atoms with van der Waals surface area (Å²) in [6, 6.07) is 9.42. The molecule has 0 N–H and O–H groups in total. The van der Waals surface area contributed by atoms with Crippen LogP contribution in [0.2, 0.25) is 0 Å². The van der Waals surface area contributed by atoms with Crippen molar-refractivity contribution in [3.63, 3.8) is 0 Å². The number of fused-ring (bicyclic) bond motifs is 3. The Kier molecular flexibility index (Phi) is 2.82. The van der Waals surface area contributed by atoms with Crippen LogP contribution in [-0.4, -0.2) is 26.7 Å². The smallest absolute Gasteiger partial charge is 0.259 e. The molecule has 1 aromatic carbocycles. The van der Waals surface area contributed by atoms with Crippen molar-refractivity contribution in [2.24, 2.45) is 0 Å². The molecule has 5 nitrogen and oxygen atoms in total. The van der Waals surface area contributed by atoms with E-state index < -0.39 is 0 Å². The first-order chi connectivity index (χ1) is 10.2. The lowest BCUT2D eigenvalue weighted by Gasteiger charge is -2.16. The van der Waals surface area contributed by atoms with Crippen LogP contribution in [0.5, 0.6) is 0 Å². The molecular formula is C16H17N3O2. The summed E-state index contributed by atoms with van der Waals surface area (Å²) in [7, 11) is 0. The maximum Gasteiger partial charge on any atom is 0.259 e. The van der Waals surface area contributed by atoms with Crippen LogP contribution in [0.25, 0.3) is 16.8 Å². The van der Waals surface area contributed by atoms with E-state index in [-0.39, 0.29) is 11.7 Å². The molecule has 0 bridgehead atoms. The highest BCUT2D eigenvalue weighted by atomic mass is 16.5. The number of ether oxygens (including phenoxy) is 1. The maximum absolute atomic E-state index is 12.3. The zero-order valence-electron chi connectivity index (χ0n) is 12.0. The molecule has 2 aromatic heterocycles. The number of para-hydroxylation sites is 2. The first-order valence-corrected chi connectivity index (χ1v) is 7.33. The summed E-state index contributed by atoms with van der Waals surface area (Å²) in [5, 5.41) is 0. The van der Waals surface area contributed by atoms with Crippen molar-refractivity contribution in [1.29, 1.82) is 0 Å². The Morgan fingerprint density at radius 2 is 2.24 bits per heavy atom. The van der Waals surface area contributed by atoms with E-state index in [1.54, 1.807) is 10.5 Å². The minimum atomic E-state index is -0.0280. The van der Waals surface area contributed by atoms with Crippen molar-refractivity contribution in [1.82, 2.24) is 14.0 Å². The second-order valence-corrected chi connectivity index (χ2v) is 5.61. The predicted octanol–water partition coefficient (Wildman–Crippen LogP) is 2.14. The lowest BCUT2D eigenvalue weighted by molar-refractivity contribution is 0.0970. The number of imidazole rings is 1. The molecule has 1 aliphatic heterocycles. The summed E-state index contributed by atoms with van der Waals surface area (Å²) in [6.07, 6.45) is 2.39. The molecule has 4 rings (SSSR count). The molecule has 1 aliphatic rings. The fourth-order valence-electron chi connectivity index (χ4n) is 3.11. The van der Waals surface area contributed by atoms with Gasteiger partial charge in [0, 0.05) is 18.4 Å². The van der Waals surface area contributed by atoms with Gasteiger partial charge in [0.05, 0.1) is 23.7 Å². The van der Waals surface area contributed by atoms with Gasteiger partial charge in [-0.1, -0.05) is 12.1 Å². The summed E-state index contributed by atoms with van der Waals surface area (Å²) in [6.45, 7) is 3.53. The molecule has 5 heteroatoms. The molecule has 0 aliphatic carbocycles. The van der Waals surface area contributed by atoms with Crippen LogP contribution < -0.4 is 5.56 Å². The van der Waals surface area contributed by atoms with Crippen molar-refractivity contribution >= 4 is 16.8 Å². The lowest BCUT2D eigenvalue weighted by atomic mass is 10.2. The molecule has 108 valence electrons. The van der Waals surface area contributed by atoms with Crippen LogP contribution in [0.15, 0.2) is 35.1 Å². The standard InChI is InChI=1S/C16H17N3O2/c1-11-9-15(20)19-14-7-3-2-6-13(14)17-16(19)18(11)10-12-5-4-8-21-12/h2-3,6-7,9,12H,4-5,8,10H2,1H3/t12-/m0/s1. The normalized spacial score (nSPS) is 18.8. The van der Waals surface area contributed by atoms with Gasteiger partial charge in [-0.2, -0.15) is 0 Å². The molecule has 0 amide bonds. The number of nitrogens with zero attached hydrogens (tertiary/aromatic N) is 3. The van der Waals surface area contributed by atoms with Crippen LogP contribution in [-0.2, 0) is 11.3 Å². The van der Waals surface area contributed by atoms with Crippen molar-refractivity contribution in [3.8, 4) is 0 Å². The maximum atomic E-state index is 12.3. The van der Waals surface area contributed by atoms with Crippen LogP contribution in [0.4, 0.5) is 0 Å². The number of aromatic nitrogens is 3. The highest BCUT2D eigenvalue weighted by Crippen LogP contribution is 2.19. The van der Waals surface area contributed by atoms with Gasteiger partial charge >= 0.3 is 0 Å². The molecule has 3 aromatic rings. The third-order valence-corrected chi connectivity index (χ3v) is 4.17. The predicted molar refractivity (Wildman–Crippen MR) is 80.7 cm³/mol. The molecule has 21 heavy (non-hydrogen) atoms. The fourth-order valence-corrected chi connectivity index (χ4v) is 3.11. The molecule has 1 saturated heterocycles. The molecule has 0 unspecified atom stereocenters. The Morgan fingerprint density at radius 3 is 3.05 bits per heavy atom. The molecular weight excluding hydrogens is 266 g/mol. The Bertz CT molecular complexity index is 872. The number of hydrogen-bond donors (Lipinski definition) is 0. The number of hydrogen-bond acceptors (Lipinski definition) is 3. The van der Waals surface area contributed by atoms with E-state index in [4.69, 9.17) is 4.74 Å². The average Bonchev–Trinajstić information content (AvgIpc) is 3.10. The van der Waals surface area contributed by atoms with Gasteiger partial charge in [-0.25, -0.2) is 9.38 Å². The number of benzene rings is 1. The summed E-state index contributed by atoms with van der Waals surface area (Å²) >= 11 is 0. The Morgan fingerprint density at radius 1 is 1.38 bits per heavy atom. The van der Waals surface area contributed by atoms with Gasteiger partial charge in [0.25, 0.3) is 5.56 Å². The molecule has 3 heterocycles. The molecule has 0 spiro atoms. The van der Waals surface area contributed by atoms with Crippen molar-refractivity contribution in [2.45, 2.75) is 32.4 Å². The van der Waals surface area contributed by atoms with Gasteiger partial charge in [0.15, 0.2) is 0 Å². The van der Waals surface area contributed by atoms with Crippen LogP contribution in [0.3, 0.4) is 0 Å². The van der Waals surface area contributed by atoms with E-state index in [9.17, 15) is 4.79 Å². The fraction of sp³-hybridized carbons (Fsp3) is 0.375. The van der Waals surface area contributed by atoms with Gasteiger partial charge < -0.3 is 9.30 Å². The first-order valence-electron chi connectivity index (χ1n) is 7.33. The minimum Gasteiger partial charge on any atom is -0.376 e. The highest BCUT2D eigenvalue weighted by Gasteiger charge is 2.19. The Balaban J connectivity index is 1.98. The molecule has 1 fully saturated rings. The quantitative estimate of drug-likeness (QED) is 0.724. The van der Waals surface area contributed by atoms with Crippen LogP contribution in [0.1, 0.15) is 18.5 Å².